The Hall–Kier alpha value is -0.980. The number of carbonyl (C=O) groups is 1. The standard InChI is InChI=1S/C16H25F3N2O2/c17-16(18,19)12-2-1-3-13(10-12)20-14(22)21-7-4-15(11-21)5-8-23-9-6-15/h12-13H,1-11H2,(H,20,22)/t12-,13-/m1/s1. The highest BCUT2D eigenvalue weighted by Crippen LogP contribution is 2.40. The van der Waals surface area contributed by atoms with E-state index in [1.807, 2.05) is 0 Å². The Morgan fingerprint density at radius 3 is 2.61 bits per heavy atom. The Morgan fingerprint density at radius 1 is 1.17 bits per heavy atom. The molecule has 2 amide bonds. The number of rotatable bonds is 1. The molecule has 0 aromatic carbocycles. The van der Waals surface area contributed by atoms with Crippen molar-refractivity contribution in [1.29, 1.82) is 0 Å². The predicted molar refractivity (Wildman–Crippen MR) is 79.0 cm³/mol. The van der Waals surface area contributed by atoms with E-state index < -0.39 is 12.1 Å². The van der Waals surface area contributed by atoms with E-state index in [1.165, 1.54) is 0 Å². The van der Waals surface area contributed by atoms with Crippen LogP contribution in [0, 0.1) is 11.3 Å². The van der Waals surface area contributed by atoms with E-state index in [4.69, 9.17) is 4.74 Å². The summed E-state index contributed by atoms with van der Waals surface area (Å²) in [7, 11) is 0. The molecule has 1 aliphatic carbocycles. The highest BCUT2D eigenvalue weighted by molar-refractivity contribution is 5.75. The van der Waals surface area contributed by atoms with Gasteiger partial charge in [-0.1, -0.05) is 6.42 Å². The Morgan fingerprint density at radius 2 is 1.91 bits per heavy atom. The molecule has 3 fully saturated rings. The number of urea groups is 1. The van der Waals surface area contributed by atoms with Crippen molar-refractivity contribution >= 4 is 6.03 Å². The first-order chi connectivity index (χ1) is 10.9. The molecule has 4 nitrogen and oxygen atoms in total. The van der Waals surface area contributed by atoms with E-state index in [9.17, 15) is 18.0 Å². The zero-order chi connectivity index (χ0) is 16.5. The van der Waals surface area contributed by atoms with Crippen LogP contribution in [0.2, 0.25) is 0 Å². The number of likely N-dealkylation sites (tertiary alicyclic amines) is 1. The van der Waals surface area contributed by atoms with Gasteiger partial charge in [-0.05, 0) is 43.9 Å². The number of amides is 2. The van der Waals surface area contributed by atoms with E-state index in [0.29, 0.717) is 25.9 Å². The zero-order valence-electron chi connectivity index (χ0n) is 13.3. The van der Waals surface area contributed by atoms with Gasteiger partial charge in [-0.2, -0.15) is 13.2 Å². The fourth-order valence-electron chi connectivity index (χ4n) is 4.21. The Balaban J connectivity index is 1.51. The second kappa shape index (κ2) is 6.49. The van der Waals surface area contributed by atoms with Crippen molar-refractivity contribution in [2.75, 3.05) is 26.3 Å². The smallest absolute Gasteiger partial charge is 0.381 e. The summed E-state index contributed by atoms with van der Waals surface area (Å²) in [6, 6.07) is -0.546. The summed E-state index contributed by atoms with van der Waals surface area (Å²) in [4.78, 5) is 14.2. The summed E-state index contributed by atoms with van der Waals surface area (Å²) < 4.78 is 44.0. The molecule has 7 heteroatoms. The Kier molecular flexibility index (Phi) is 4.76. The maximum Gasteiger partial charge on any atom is 0.391 e. The molecule has 0 bridgehead atoms. The van der Waals surface area contributed by atoms with E-state index in [-0.39, 0.29) is 30.3 Å². The van der Waals surface area contributed by atoms with Crippen molar-refractivity contribution in [3.05, 3.63) is 0 Å². The lowest BCUT2D eigenvalue weighted by atomic mass is 9.80. The summed E-state index contributed by atoms with van der Waals surface area (Å²) in [5.41, 5.74) is 0.163. The van der Waals surface area contributed by atoms with Gasteiger partial charge in [0.25, 0.3) is 0 Å². The normalized spacial score (nSPS) is 31.3. The van der Waals surface area contributed by atoms with Crippen LogP contribution in [0.15, 0.2) is 0 Å². The van der Waals surface area contributed by atoms with Gasteiger partial charge >= 0.3 is 12.2 Å². The van der Waals surface area contributed by atoms with Crippen LogP contribution in [0.3, 0.4) is 0 Å². The Labute approximate surface area is 134 Å². The average molecular weight is 334 g/mol. The van der Waals surface area contributed by atoms with Gasteiger partial charge < -0.3 is 15.0 Å². The molecule has 2 heterocycles. The van der Waals surface area contributed by atoms with Gasteiger partial charge in [-0.3, -0.25) is 0 Å². The number of hydrogen-bond donors (Lipinski definition) is 1. The van der Waals surface area contributed by atoms with Crippen LogP contribution in [0.25, 0.3) is 0 Å². The molecule has 3 aliphatic rings. The van der Waals surface area contributed by atoms with Crippen molar-refractivity contribution in [3.63, 3.8) is 0 Å². The molecular formula is C16H25F3N2O2. The summed E-state index contributed by atoms with van der Waals surface area (Å²) in [5.74, 6) is -1.28. The third-order valence-electron chi connectivity index (χ3n) is 5.74. The molecule has 1 saturated carbocycles. The van der Waals surface area contributed by atoms with Crippen LogP contribution >= 0.6 is 0 Å². The fraction of sp³-hybridized carbons (Fsp3) is 0.938. The summed E-state index contributed by atoms with van der Waals surface area (Å²) in [5, 5.41) is 2.84. The van der Waals surface area contributed by atoms with Gasteiger partial charge in [0.05, 0.1) is 5.92 Å². The molecule has 0 unspecified atom stereocenters. The second-order valence-electron chi connectivity index (χ2n) is 7.34. The molecule has 1 spiro atoms. The summed E-state index contributed by atoms with van der Waals surface area (Å²) >= 11 is 0. The molecule has 2 atom stereocenters. The number of nitrogens with one attached hydrogen (secondary N) is 1. The van der Waals surface area contributed by atoms with Crippen LogP contribution in [0.1, 0.15) is 44.9 Å². The van der Waals surface area contributed by atoms with Gasteiger partial charge in [0, 0.05) is 32.3 Å². The maximum absolute atomic E-state index is 12.9. The molecule has 3 rings (SSSR count). The van der Waals surface area contributed by atoms with Crippen LogP contribution < -0.4 is 5.32 Å². The average Bonchev–Trinajstić information content (AvgIpc) is 2.91. The Bertz CT molecular complexity index is 436. The highest BCUT2D eigenvalue weighted by Gasteiger charge is 2.44. The van der Waals surface area contributed by atoms with Gasteiger partial charge in [-0.15, -0.1) is 0 Å². The van der Waals surface area contributed by atoms with Crippen molar-refractivity contribution in [3.8, 4) is 0 Å². The number of hydrogen-bond acceptors (Lipinski definition) is 2. The van der Waals surface area contributed by atoms with Crippen molar-refractivity contribution in [2.24, 2.45) is 11.3 Å². The molecule has 23 heavy (non-hydrogen) atoms. The van der Waals surface area contributed by atoms with E-state index >= 15 is 0 Å². The molecular weight excluding hydrogens is 309 g/mol. The number of ether oxygens (including phenoxy) is 1. The molecule has 0 radical (unpaired) electrons. The largest absolute Gasteiger partial charge is 0.391 e. The van der Waals surface area contributed by atoms with E-state index in [1.54, 1.807) is 4.90 Å². The van der Waals surface area contributed by atoms with Crippen molar-refractivity contribution in [1.82, 2.24) is 10.2 Å². The fourth-order valence-corrected chi connectivity index (χ4v) is 4.21. The number of nitrogens with zero attached hydrogens (tertiary/aromatic N) is 1. The van der Waals surface area contributed by atoms with E-state index in [0.717, 1.165) is 32.5 Å². The quantitative estimate of drug-likeness (QED) is 0.799. The minimum atomic E-state index is -4.15. The number of carbonyl (C=O) groups excluding carboxylic acids is 1. The SMILES string of the molecule is O=C(N[C@@H]1CCC[C@@H](C(F)(F)F)C1)N1CCC2(CCOCC2)C1. The lowest BCUT2D eigenvalue weighted by Crippen LogP contribution is -2.47. The minimum absolute atomic E-state index is 0.0159. The third-order valence-corrected chi connectivity index (χ3v) is 5.74. The first-order valence-electron chi connectivity index (χ1n) is 8.58. The lowest BCUT2D eigenvalue weighted by molar-refractivity contribution is -0.183. The second-order valence-corrected chi connectivity index (χ2v) is 7.34. The number of halogens is 3. The molecule has 2 saturated heterocycles. The summed E-state index contributed by atoms with van der Waals surface area (Å²) in [6.07, 6.45) is 0.127. The molecule has 0 aromatic heterocycles. The molecule has 1 N–H and O–H groups in total. The van der Waals surface area contributed by atoms with Crippen LogP contribution in [-0.4, -0.2) is 49.5 Å². The highest BCUT2D eigenvalue weighted by atomic mass is 19.4. The van der Waals surface area contributed by atoms with Crippen molar-refractivity contribution in [2.45, 2.75) is 57.2 Å². The van der Waals surface area contributed by atoms with Crippen LogP contribution in [0.5, 0.6) is 0 Å². The van der Waals surface area contributed by atoms with Crippen molar-refractivity contribution < 1.29 is 22.7 Å². The van der Waals surface area contributed by atoms with Crippen LogP contribution in [-0.2, 0) is 4.74 Å². The third kappa shape index (κ3) is 3.92. The predicted octanol–water partition coefficient (Wildman–Crippen LogP) is 3.32. The molecule has 2 aliphatic heterocycles. The van der Waals surface area contributed by atoms with E-state index in [2.05, 4.69) is 5.32 Å². The maximum atomic E-state index is 12.9. The molecule has 0 aromatic rings. The number of alkyl halides is 3. The monoisotopic (exact) mass is 334 g/mol. The van der Waals surface area contributed by atoms with Gasteiger partial charge in [0.2, 0.25) is 0 Å². The first-order valence-corrected chi connectivity index (χ1v) is 8.58. The lowest BCUT2D eigenvalue weighted by Gasteiger charge is -2.34. The van der Waals surface area contributed by atoms with Gasteiger partial charge in [0.15, 0.2) is 0 Å². The zero-order valence-corrected chi connectivity index (χ0v) is 13.3. The van der Waals surface area contributed by atoms with Crippen LogP contribution in [0.4, 0.5) is 18.0 Å². The molecule has 132 valence electrons. The topological polar surface area (TPSA) is 41.6 Å². The first kappa shape index (κ1) is 16.9. The minimum Gasteiger partial charge on any atom is -0.381 e. The van der Waals surface area contributed by atoms with Gasteiger partial charge in [0.1, 0.15) is 0 Å². The summed E-state index contributed by atoms with van der Waals surface area (Å²) in [6.45, 7) is 2.88. The van der Waals surface area contributed by atoms with Gasteiger partial charge in [-0.25, -0.2) is 4.79 Å².